The van der Waals surface area contributed by atoms with Gasteiger partial charge in [0.1, 0.15) is 5.03 Å². The Hall–Kier alpha value is -1.28. The van der Waals surface area contributed by atoms with E-state index >= 15 is 0 Å². The van der Waals surface area contributed by atoms with Crippen molar-refractivity contribution in [3.8, 4) is 0 Å². The molecule has 0 aliphatic rings. The monoisotopic (exact) mass is 308 g/mol. The van der Waals surface area contributed by atoms with Gasteiger partial charge >= 0.3 is 5.51 Å². The van der Waals surface area contributed by atoms with Crippen LogP contribution < -0.4 is 5.32 Å². The van der Waals surface area contributed by atoms with Crippen LogP contribution in [0, 0.1) is 0 Å². The molecule has 0 aliphatic heterocycles. The molecule has 1 aromatic heterocycles. The van der Waals surface area contributed by atoms with Crippen molar-refractivity contribution in [3.63, 3.8) is 0 Å². The number of aliphatic hydroxyl groups excluding tert-OH is 1. The summed E-state index contributed by atoms with van der Waals surface area (Å²) in [6.07, 6.45) is 2.27. The number of rotatable bonds is 6. The van der Waals surface area contributed by atoms with Crippen molar-refractivity contribution in [1.82, 2.24) is 10.3 Å². The quantitative estimate of drug-likeness (QED) is 0.793. The van der Waals surface area contributed by atoms with Crippen LogP contribution in [0.5, 0.6) is 0 Å². The van der Waals surface area contributed by atoms with E-state index in [1.807, 2.05) is 0 Å². The summed E-state index contributed by atoms with van der Waals surface area (Å²) in [5.41, 5.74) is -4.60. The zero-order chi connectivity index (χ0) is 15.2. The molecule has 112 valence electrons. The lowest BCUT2D eigenvalue weighted by atomic mass is 10.1. The maximum atomic E-state index is 12.4. The molecule has 0 saturated heterocycles. The van der Waals surface area contributed by atoms with E-state index in [1.54, 1.807) is 6.92 Å². The van der Waals surface area contributed by atoms with Crippen molar-refractivity contribution >= 4 is 17.7 Å². The molecule has 1 aromatic rings. The summed E-state index contributed by atoms with van der Waals surface area (Å²) in [6, 6.07) is 2.47. The molecule has 0 bridgehead atoms. The molecule has 20 heavy (non-hydrogen) atoms. The zero-order valence-electron chi connectivity index (χ0n) is 10.8. The average Bonchev–Trinajstić information content (AvgIpc) is 2.35. The van der Waals surface area contributed by atoms with E-state index in [2.05, 4.69) is 10.3 Å². The minimum absolute atomic E-state index is 0.00226. The van der Waals surface area contributed by atoms with Gasteiger partial charge in [-0.2, -0.15) is 13.2 Å². The van der Waals surface area contributed by atoms with Crippen LogP contribution in [0.3, 0.4) is 0 Å². The van der Waals surface area contributed by atoms with Gasteiger partial charge in [0.2, 0.25) is 0 Å². The molecule has 1 unspecified atom stereocenters. The van der Waals surface area contributed by atoms with E-state index in [0.29, 0.717) is 12.8 Å². The summed E-state index contributed by atoms with van der Waals surface area (Å²) in [6.45, 7) is 1.72. The third-order valence-electron chi connectivity index (χ3n) is 2.40. The molecule has 1 heterocycles. The Kier molecular flexibility index (Phi) is 6.28. The van der Waals surface area contributed by atoms with Crippen LogP contribution in [0.15, 0.2) is 23.4 Å². The number of aliphatic hydroxyl groups is 1. The Bertz CT molecular complexity index is 455. The van der Waals surface area contributed by atoms with Gasteiger partial charge in [0.25, 0.3) is 5.91 Å². The predicted octanol–water partition coefficient (Wildman–Crippen LogP) is 2.58. The molecular formula is C12H15F3N2O2S. The van der Waals surface area contributed by atoms with Crippen LogP contribution in [0.1, 0.15) is 30.1 Å². The Morgan fingerprint density at radius 1 is 1.55 bits per heavy atom. The number of nitrogens with one attached hydrogen (secondary N) is 1. The third kappa shape index (κ3) is 5.79. The van der Waals surface area contributed by atoms with Gasteiger partial charge in [0.15, 0.2) is 0 Å². The van der Waals surface area contributed by atoms with Gasteiger partial charge in [-0.25, -0.2) is 4.98 Å². The highest BCUT2D eigenvalue weighted by Crippen LogP contribution is 2.37. The molecule has 0 radical (unpaired) electrons. The normalized spacial score (nSPS) is 13.1. The summed E-state index contributed by atoms with van der Waals surface area (Å²) in [7, 11) is 0. The van der Waals surface area contributed by atoms with Gasteiger partial charge in [-0.3, -0.25) is 4.79 Å². The third-order valence-corrected chi connectivity index (χ3v) is 3.15. The Labute approximate surface area is 118 Å². The van der Waals surface area contributed by atoms with Gasteiger partial charge in [0, 0.05) is 30.6 Å². The van der Waals surface area contributed by atoms with Crippen LogP contribution in [0.25, 0.3) is 0 Å². The number of aromatic nitrogens is 1. The molecule has 0 saturated carbocycles. The highest BCUT2D eigenvalue weighted by atomic mass is 32.2. The summed E-state index contributed by atoms with van der Waals surface area (Å²) in [4.78, 5) is 15.5. The van der Waals surface area contributed by atoms with E-state index in [9.17, 15) is 18.0 Å². The smallest absolute Gasteiger partial charge is 0.396 e. The highest BCUT2D eigenvalue weighted by molar-refractivity contribution is 8.00. The molecule has 0 aromatic carbocycles. The van der Waals surface area contributed by atoms with Crippen molar-refractivity contribution in [2.24, 2.45) is 0 Å². The number of carbonyl (C=O) groups is 1. The molecule has 1 atom stereocenters. The lowest BCUT2D eigenvalue weighted by Crippen LogP contribution is -2.33. The Balaban J connectivity index is 2.77. The first-order valence-corrected chi connectivity index (χ1v) is 6.77. The molecule has 0 aliphatic carbocycles. The van der Waals surface area contributed by atoms with Gasteiger partial charge in [-0.1, -0.05) is 0 Å². The van der Waals surface area contributed by atoms with Crippen molar-refractivity contribution < 1.29 is 23.1 Å². The Morgan fingerprint density at radius 3 is 2.85 bits per heavy atom. The molecule has 0 fully saturated rings. The number of alkyl halides is 3. The molecule has 4 nitrogen and oxygen atoms in total. The maximum Gasteiger partial charge on any atom is 0.447 e. The molecule has 2 N–H and O–H groups in total. The number of thioether (sulfide) groups is 1. The summed E-state index contributed by atoms with van der Waals surface area (Å²) in [5, 5.41) is 10.9. The second kappa shape index (κ2) is 7.49. The second-order valence-corrected chi connectivity index (χ2v) is 5.20. The predicted molar refractivity (Wildman–Crippen MR) is 69.4 cm³/mol. The molecular weight excluding hydrogens is 293 g/mol. The lowest BCUT2D eigenvalue weighted by molar-refractivity contribution is -0.0329. The van der Waals surface area contributed by atoms with Crippen molar-refractivity contribution in [1.29, 1.82) is 0 Å². The molecule has 1 rings (SSSR count). The van der Waals surface area contributed by atoms with E-state index in [1.165, 1.54) is 18.3 Å². The fourth-order valence-electron chi connectivity index (χ4n) is 1.53. The van der Waals surface area contributed by atoms with Crippen LogP contribution in [-0.4, -0.2) is 34.2 Å². The standard InChI is InChI=1S/C12H15F3N2O2S/c1-8(4-3-7-18)17-10(19)9-5-2-6-16-11(9)20-12(13,14)15/h2,5-6,8,18H,3-4,7H2,1H3,(H,17,19). The number of hydrogen-bond acceptors (Lipinski definition) is 4. The van der Waals surface area contributed by atoms with E-state index in [4.69, 9.17) is 5.11 Å². The van der Waals surface area contributed by atoms with E-state index in [-0.39, 0.29) is 23.2 Å². The van der Waals surface area contributed by atoms with Crippen LogP contribution >= 0.6 is 11.8 Å². The van der Waals surface area contributed by atoms with Crippen molar-refractivity contribution in [2.45, 2.75) is 36.3 Å². The minimum atomic E-state index is -4.49. The van der Waals surface area contributed by atoms with Crippen LogP contribution in [0.4, 0.5) is 13.2 Å². The SMILES string of the molecule is CC(CCCO)NC(=O)c1cccnc1SC(F)(F)F. The molecule has 1 amide bonds. The number of halogens is 3. The van der Waals surface area contributed by atoms with Gasteiger partial charge in [-0.05, 0) is 31.9 Å². The lowest BCUT2D eigenvalue weighted by Gasteiger charge is -2.15. The Morgan fingerprint density at radius 2 is 2.25 bits per heavy atom. The topological polar surface area (TPSA) is 62.2 Å². The molecule has 0 spiro atoms. The number of hydrogen-bond donors (Lipinski definition) is 2. The van der Waals surface area contributed by atoms with Crippen LogP contribution in [-0.2, 0) is 0 Å². The van der Waals surface area contributed by atoms with E-state index in [0.717, 1.165) is 0 Å². The van der Waals surface area contributed by atoms with Gasteiger partial charge < -0.3 is 10.4 Å². The minimum Gasteiger partial charge on any atom is -0.396 e. The van der Waals surface area contributed by atoms with Crippen molar-refractivity contribution in [3.05, 3.63) is 23.9 Å². The summed E-state index contributed by atoms with van der Waals surface area (Å²) in [5.74, 6) is -0.602. The molecule has 8 heteroatoms. The van der Waals surface area contributed by atoms with Gasteiger partial charge in [0.05, 0.1) is 5.56 Å². The second-order valence-electron chi connectivity index (χ2n) is 4.14. The first-order valence-electron chi connectivity index (χ1n) is 5.96. The highest BCUT2D eigenvalue weighted by Gasteiger charge is 2.32. The average molecular weight is 308 g/mol. The van der Waals surface area contributed by atoms with Gasteiger partial charge in [-0.15, -0.1) is 0 Å². The number of amides is 1. The van der Waals surface area contributed by atoms with E-state index < -0.39 is 23.2 Å². The zero-order valence-corrected chi connectivity index (χ0v) is 11.6. The fourth-order valence-corrected chi connectivity index (χ4v) is 2.13. The van der Waals surface area contributed by atoms with Crippen molar-refractivity contribution in [2.75, 3.05) is 6.61 Å². The van der Waals surface area contributed by atoms with Crippen LogP contribution in [0.2, 0.25) is 0 Å². The summed E-state index contributed by atoms with van der Waals surface area (Å²) >= 11 is -0.411. The summed E-state index contributed by atoms with van der Waals surface area (Å²) < 4.78 is 37.1. The largest absolute Gasteiger partial charge is 0.447 e. The first-order chi connectivity index (χ1) is 9.33. The number of pyridine rings is 1. The number of nitrogens with zero attached hydrogens (tertiary/aromatic N) is 1. The number of carbonyl (C=O) groups excluding carboxylic acids is 1. The maximum absolute atomic E-state index is 12.4. The first kappa shape index (κ1) is 16.8. The fraction of sp³-hybridized carbons (Fsp3) is 0.500.